The van der Waals surface area contributed by atoms with Gasteiger partial charge in [-0.15, -0.1) is 0 Å². The molecule has 2 aromatic heterocycles. The molecule has 24 heavy (non-hydrogen) atoms. The average Bonchev–Trinajstić information content (AvgIpc) is 3.02. The van der Waals surface area contributed by atoms with Crippen LogP contribution in [0.2, 0.25) is 0 Å². The Morgan fingerprint density at radius 2 is 1.92 bits per heavy atom. The maximum atomic E-state index is 11.2. The van der Waals surface area contributed by atoms with Crippen molar-refractivity contribution in [3.05, 3.63) is 82.6 Å². The lowest BCUT2D eigenvalue weighted by molar-refractivity contribution is -0.384. The lowest BCUT2D eigenvalue weighted by Crippen LogP contribution is -2.21. The van der Waals surface area contributed by atoms with Crippen LogP contribution in [0.1, 0.15) is 11.4 Å². The minimum atomic E-state index is -0.421. The quantitative estimate of drug-likeness (QED) is 0.515. The van der Waals surface area contributed by atoms with Crippen molar-refractivity contribution in [2.45, 2.75) is 13.1 Å². The van der Waals surface area contributed by atoms with E-state index in [1.807, 2.05) is 29.0 Å². The van der Waals surface area contributed by atoms with E-state index in [-0.39, 0.29) is 5.69 Å². The van der Waals surface area contributed by atoms with Crippen LogP contribution in [0.4, 0.5) is 11.5 Å². The fraction of sp³-hybridized carbons (Fsp3) is 0.176. The van der Waals surface area contributed by atoms with E-state index in [0.717, 1.165) is 5.82 Å². The summed E-state index contributed by atoms with van der Waals surface area (Å²) in [4.78, 5) is 21.0. The summed E-state index contributed by atoms with van der Waals surface area (Å²) < 4.78 is 2.03. The first kappa shape index (κ1) is 15.7. The van der Waals surface area contributed by atoms with Gasteiger partial charge in [0.05, 0.1) is 11.5 Å². The summed E-state index contributed by atoms with van der Waals surface area (Å²) in [7, 11) is 1.77. The van der Waals surface area contributed by atoms with Gasteiger partial charge in [0.2, 0.25) is 5.82 Å². The third-order valence-corrected chi connectivity index (χ3v) is 3.70. The van der Waals surface area contributed by atoms with Crippen LogP contribution in [0.3, 0.4) is 0 Å². The van der Waals surface area contributed by atoms with Crippen molar-refractivity contribution >= 4 is 11.5 Å². The molecule has 0 saturated heterocycles. The normalized spacial score (nSPS) is 10.5. The Balaban J connectivity index is 1.80. The second kappa shape index (κ2) is 6.91. The molecule has 1 aromatic carbocycles. The molecule has 0 N–H and O–H groups in total. The Labute approximate surface area is 139 Å². The summed E-state index contributed by atoms with van der Waals surface area (Å²) in [5, 5.41) is 11.2. The van der Waals surface area contributed by atoms with Crippen molar-refractivity contribution in [3.8, 4) is 0 Å². The minimum absolute atomic E-state index is 0.0128. The molecule has 3 rings (SSSR count). The van der Waals surface area contributed by atoms with Gasteiger partial charge in [-0.1, -0.05) is 30.3 Å². The Kier molecular flexibility index (Phi) is 4.51. The first-order valence-electron chi connectivity index (χ1n) is 7.49. The molecule has 0 aliphatic rings. The molecule has 0 radical (unpaired) electrons. The zero-order valence-electron chi connectivity index (χ0n) is 13.2. The van der Waals surface area contributed by atoms with E-state index in [2.05, 4.69) is 22.1 Å². The van der Waals surface area contributed by atoms with Gasteiger partial charge in [0.15, 0.2) is 0 Å². The average molecular weight is 323 g/mol. The van der Waals surface area contributed by atoms with Gasteiger partial charge < -0.3 is 9.47 Å². The maximum Gasteiger partial charge on any atom is 0.311 e. The number of hydrogen-bond donors (Lipinski definition) is 0. The standard InChI is InChI=1S/C17H17N5O2/c1-20(17-15(22(23)24)8-5-9-19-17)13-16-18-10-11-21(16)12-14-6-3-2-4-7-14/h2-11H,12-13H2,1H3. The molecule has 0 amide bonds. The van der Waals surface area contributed by atoms with Crippen molar-refractivity contribution in [3.63, 3.8) is 0 Å². The molecule has 0 aliphatic carbocycles. The maximum absolute atomic E-state index is 11.2. The highest BCUT2D eigenvalue weighted by molar-refractivity contribution is 5.56. The van der Waals surface area contributed by atoms with Gasteiger partial charge in [-0.25, -0.2) is 9.97 Å². The zero-order chi connectivity index (χ0) is 16.9. The summed E-state index contributed by atoms with van der Waals surface area (Å²) in [6.07, 6.45) is 5.19. The van der Waals surface area contributed by atoms with Crippen molar-refractivity contribution in [2.75, 3.05) is 11.9 Å². The van der Waals surface area contributed by atoms with Crippen molar-refractivity contribution in [1.82, 2.24) is 14.5 Å². The van der Waals surface area contributed by atoms with Gasteiger partial charge in [-0.05, 0) is 11.6 Å². The molecule has 0 spiro atoms. The molecular weight excluding hydrogens is 306 g/mol. The van der Waals surface area contributed by atoms with Gasteiger partial charge in [0.1, 0.15) is 5.82 Å². The van der Waals surface area contributed by atoms with Gasteiger partial charge >= 0.3 is 5.69 Å². The number of benzene rings is 1. The van der Waals surface area contributed by atoms with E-state index in [1.165, 1.54) is 11.6 Å². The van der Waals surface area contributed by atoms with Crippen molar-refractivity contribution in [2.24, 2.45) is 0 Å². The first-order valence-corrected chi connectivity index (χ1v) is 7.49. The number of nitro groups is 1. The highest BCUT2D eigenvalue weighted by Crippen LogP contribution is 2.24. The van der Waals surface area contributed by atoms with E-state index in [9.17, 15) is 10.1 Å². The molecule has 7 nitrogen and oxygen atoms in total. The van der Waals surface area contributed by atoms with E-state index in [4.69, 9.17) is 0 Å². The first-order chi connectivity index (χ1) is 11.6. The summed E-state index contributed by atoms with van der Waals surface area (Å²) in [6.45, 7) is 1.13. The van der Waals surface area contributed by atoms with Crippen LogP contribution in [-0.2, 0) is 13.1 Å². The van der Waals surface area contributed by atoms with Crippen LogP contribution in [0, 0.1) is 10.1 Å². The van der Waals surface area contributed by atoms with Crippen LogP contribution >= 0.6 is 0 Å². The van der Waals surface area contributed by atoms with Crippen LogP contribution in [-0.4, -0.2) is 26.5 Å². The van der Waals surface area contributed by atoms with Crippen LogP contribution < -0.4 is 4.90 Å². The monoisotopic (exact) mass is 323 g/mol. The summed E-state index contributed by atoms with van der Waals surface area (Å²) in [6, 6.07) is 13.1. The number of nitrogens with zero attached hydrogens (tertiary/aromatic N) is 5. The molecule has 2 heterocycles. The highest BCUT2D eigenvalue weighted by Gasteiger charge is 2.19. The highest BCUT2D eigenvalue weighted by atomic mass is 16.6. The third-order valence-electron chi connectivity index (χ3n) is 3.70. The lowest BCUT2D eigenvalue weighted by atomic mass is 10.2. The summed E-state index contributed by atoms with van der Waals surface area (Å²) in [5.41, 5.74) is 1.16. The fourth-order valence-electron chi connectivity index (χ4n) is 2.53. The van der Waals surface area contributed by atoms with Crippen LogP contribution in [0.15, 0.2) is 61.1 Å². The Hall–Kier alpha value is -3.22. The molecular formula is C17H17N5O2. The molecule has 0 fully saturated rings. The molecule has 0 aliphatic heterocycles. The number of rotatable bonds is 6. The SMILES string of the molecule is CN(Cc1nccn1Cc1ccccc1)c1ncccc1[N+](=O)[O-]. The topological polar surface area (TPSA) is 77.1 Å². The third kappa shape index (κ3) is 3.40. The number of pyridine rings is 1. The molecule has 7 heteroatoms. The van der Waals surface area contributed by atoms with E-state index in [0.29, 0.717) is 18.9 Å². The molecule has 122 valence electrons. The molecule has 0 bridgehead atoms. The minimum Gasteiger partial charge on any atom is -0.346 e. The second-order valence-corrected chi connectivity index (χ2v) is 5.42. The molecule has 0 saturated carbocycles. The summed E-state index contributed by atoms with van der Waals surface area (Å²) in [5.74, 6) is 1.15. The molecule has 3 aromatic rings. The Morgan fingerprint density at radius 3 is 2.67 bits per heavy atom. The predicted molar refractivity (Wildman–Crippen MR) is 90.8 cm³/mol. The van der Waals surface area contributed by atoms with Gasteiger partial charge in [0, 0.05) is 38.2 Å². The summed E-state index contributed by atoms with van der Waals surface area (Å²) >= 11 is 0. The van der Waals surface area contributed by atoms with Gasteiger partial charge in [-0.2, -0.15) is 0 Å². The van der Waals surface area contributed by atoms with Crippen LogP contribution in [0.5, 0.6) is 0 Å². The van der Waals surface area contributed by atoms with E-state index < -0.39 is 4.92 Å². The van der Waals surface area contributed by atoms with Crippen molar-refractivity contribution in [1.29, 1.82) is 0 Å². The number of aromatic nitrogens is 3. The molecule has 0 atom stereocenters. The molecule has 0 unspecified atom stereocenters. The number of anilines is 1. The second-order valence-electron chi connectivity index (χ2n) is 5.42. The van der Waals surface area contributed by atoms with Gasteiger partial charge in [-0.3, -0.25) is 10.1 Å². The van der Waals surface area contributed by atoms with E-state index in [1.54, 1.807) is 30.4 Å². The Morgan fingerprint density at radius 1 is 1.12 bits per heavy atom. The largest absolute Gasteiger partial charge is 0.346 e. The van der Waals surface area contributed by atoms with Gasteiger partial charge in [0.25, 0.3) is 0 Å². The smallest absolute Gasteiger partial charge is 0.311 e. The Bertz CT molecular complexity index is 832. The number of hydrogen-bond acceptors (Lipinski definition) is 5. The van der Waals surface area contributed by atoms with Crippen LogP contribution in [0.25, 0.3) is 0 Å². The van der Waals surface area contributed by atoms with Crippen molar-refractivity contribution < 1.29 is 4.92 Å². The predicted octanol–water partition coefficient (Wildman–Crippen LogP) is 2.87. The lowest BCUT2D eigenvalue weighted by Gasteiger charge is -2.18. The number of imidazole rings is 1. The zero-order valence-corrected chi connectivity index (χ0v) is 13.2. The van der Waals surface area contributed by atoms with E-state index >= 15 is 0 Å². The fourth-order valence-corrected chi connectivity index (χ4v) is 2.53.